The Balaban J connectivity index is 1.59. The van der Waals surface area contributed by atoms with Gasteiger partial charge in [-0.3, -0.25) is 9.69 Å². The maximum absolute atomic E-state index is 14.1. The number of halogens is 2. The minimum Gasteiger partial charge on any atom is -0.481 e. The maximum Gasteiger partial charge on any atom is 0.307 e. The summed E-state index contributed by atoms with van der Waals surface area (Å²) >= 11 is 0. The van der Waals surface area contributed by atoms with Gasteiger partial charge in [-0.2, -0.15) is 0 Å². The van der Waals surface area contributed by atoms with E-state index in [1.807, 2.05) is 0 Å². The number of aliphatic carboxylic acids is 1. The van der Waals surface area contributed by atoms with Gasteiger partial charge in [0, 0.05) is 30.6 Å². The zero-order valence-corrected chi connectivity index (χ0v) is 12.6. The van der Waals surface area contributed by atoms with Gasteiger partial charge in [0.2, 0.25) is 0 Å². The van der Waals surface area contributed by atoms with Gasteiger partial charge in [0.15, 0.2) is 0 Å². The van der Waals surface area contributed by atoms with Crippen LogP contribution in [0.2, 0.25) is 0 Å². The highest BCUT2D eigenvalue weighted by molar-refractivity contribution is 5.72. The molecule has 0 amide bonds. The predicted octanol–water partition coefficient (Wildman–Crippen LogP) is 2.38. The summed E-state index contributed by atoms with van der Waals surface area (Å²) in [6, 6.07) is 3.93. The molecule has 4 rings (SSSR count). The van der Waals surface area contributed by atoms with Crippen molar-refractivity contribution >= 4 is 5.97 Å². The topological polar surface area (TPSA) is 49.8 Å². The number of carboxylic acids is 1. The molecule has 0 radical (unpaired) electrons. The maximum atomic E-state index is 14.1. The molecule has 2 heterocycles. The highest BCUT2D eigenvalue weighted by Crippen LogP contribution is 2.45. The summed E-state index contributed by atoms with van der Waals surface area (Å²) < 4.78 is 32.9. The van der Waals surface area contributed by atoms with Crippen LogP contribution in [0.3, 0.4) is 0 Å². The second-order valence-electron chi connectivity index (χ2n) is 6.88. The number of fused-ring (bicyclic) bond motifs is 2. The molecule has 2 saturated heterocycles. The van der Waals surface area contributed by atoms with Crippen molar-refractivity contribution in [1.29, 1.82) is 0 Å². The zero-order valence-electron chi connectivity index (χ0n) is 12.6. The number of morpholine rings is 1. The summed E-state index contributed by atoms with van der Waals surface area (Å²) in [5, 5.41) is 9.54. The Labute approximate surface area is 133 Å². The Morgan fingerprint density at radius 2 is 2.04 bits per heavy atom. The van der Waals surface area contributed by atoms with E-state index in [1.54, 1.807) is 0 Å². The van der Waals surface area contributed by atoms with Crippen LogP contribution in [-0.4, -0.2) is 47.3 Å². The largest absolute Gasteiger partial charge is 0.481 e. The van der Waals surface area contributed by atoms with Crippen LogP contribution >= 0.6 is 0 Å². The summed E-state index contributed by atoms with van der Waals surface area (Å²) in [4.78, 5) is 14.0. The van der Waals surface area contributed by atoms with Crippen LogP contribution in [0.4, 0.5) is 8.78 Å². The van der Waals surface area contributed by atoms with Gasteiger partial charge in [-0.15, -0.1) is 0 Å². The van der Waals surface area contributed by atoms with E-state index < -0.39 is 29.4 Å². The fourth-order valence-electron chi connectivity index (χ4n) is 4.58. The molecule has 3 fully saturated rings. The Bertz CT molecular complexity index is 638. The van der Waals surface area contributed by atoms with Gasteiger partial charge in [-0.05, 0) is 30.9 Å². The minimum atomic E-state index is -0.901. The molecule has 1 saturated carbocycles. The lowest BCUT2D eigenvalue weighted by molar-refractivity contribution is -0.142. The number of carbonyl (C=O) groups is 1. The highest BCUT2D eigenvalue weighted by Gasteiger charge is 2.48. The van der Waals surface area contributed by atoms with E-state index in [0.29, 0.717) is 31.1 Å². The van der Waals surface area contributed by atoms with Crippen molar-refractivity contribution in [2.75, 3.05) is 13.2 Å². The highest BCUT2D eigenvalue weighted by atomic mass is 19.1. The number of nitrogens with zero attached hydrogens (tertiary/aromatic N) is 1. The number of hydrogen-bond acceptors (Lipinski definition) is 3. The molecule has 2 bridgehead atoms. The quantitative estimate of drug-likeness (QED) is 0.928. The standard InChI is InChI=1S/C17H19F2NO3/c18-9-1-2-13(16(19)3-9)14-5-10(6-15(14)17(21)22)20-7-12-4-11(20)8-23-12/h1-3,10-12,14-15H,4-8H2,(H,21,22)/t10-,11-,12-,14-,15+/m0/s1. The van der Waals surface area contributed by atoms with Gasteiger partial charge in [-0.1, -0.05) is 6.07 Å². The molecule has 23 heavy (non-hydrogen) atoms. The molecule has 1 N–H and O–H groups in total. The van der Waals surface area contributed by atoms with Gasteiger partial charge in [0.1, 0.15) is 11.6 Å². The van der Waals surface area contributed by atoms with E-state index in [0.717, 1.165) is 19.0 Å². The first-order valence-corrected chi connectivity index (χ1v) is 8.08. The molecule has 0 aromatic heterocycles. The number of ether oxygens (including phenoxy) is 1. The second-order valence-corrected chi connectivity index (χ2v) is 6.88. The summed E-state index contributed by atoms with van der Waals surface area (Å²) in [5.41, 5.74) is 0.321. The summed E-state index contributed by atoms with van der Waals surface area (Å²) in [6.07, 6.45) is 2.37. The molecule has 124 valence electrons. The fourth-order valence-corrected chi connectivity index (χ4v) is 4.58. The van der Waals surface area contributed by atoms with E-state index in [-0.39, 0.29) is 12.1 Å². The Kier molecular flexibility index (Phi) is 3.61. The van der Waals surface area contributed by atoms with Crippen molar-refractivity contribution in [1.82, 2.24) is 4.90 Å². The molecule has 1 aliphatic carbocycles. The van der Waals surface area contributed by atoms with Crippen LogP contribution in [0.25, 0.3) is 0 Å². The van der Waals surface area contributed by atoms with Gasteiger partial charge >= 0.3 is 5.97 Å². The van der Waals surface area contributed by atoms with Gasteiger partial charge < -0.3 is 9.84 Å². The van der Waals surface area contributed by atoms with E-state index in [2.05, 4.69) is 4.90 Å². The lowest BCUT2D eigenvalue weighted by Crippen LogP contribution is -2.43. The van der Waals surface area contributed by atoms with E-state index in [4.69, 9.17) is 4.74 Å². The molecule has 3 aliphatic rings. The van der Waals surface area contributed by atoms with Crippen LogP contribution < -0.4 is 0 Å². The normalized spacial score (nSPS) is 36.7. The summed E-state index contributed by atoms with van der Waals surface area (Å²) in [5.74, 6) is -3.21. The summed E-state index contributed by atoms with van der Waals surface area (Å²) in [6.45, 7) is 1.54. The lowest BCUT2D eigenvalue weighted by Gasteiger charge is -2.32. The van der Waals surface area contributed by atoms with Crippen LogP contribution in [0.1, 0.15) is 30.7 Å². The van der Waals surface area contributed by atoms with Crippen LogP contribution in [-0.2, 0) is 9.53 Å². The van der Waals surface area contributed by atoms with Gasteiger partial charge in [0.05, 0.1) is 18.6 Å². The average molecular weight is 323 g/mol. The van der Waals surface area contributed by atoms with Crippen molar-refractivity contribution < 1.29 is 23.4 Å². The molecule has 1 aromatic carbocycles. The van der Waals surface area contributed by atoms with Crippen LogP contribution in [0.5, 0.6) is 0 Å². The average Bonchev–Trinajstić information content (AvgIpc) is 3.21. The Morgan fingerprint density at radius 1 is 1.22 bits per heavy atom. The molecular formula is C17H19F2NO3. The van der Waals surface area contributed by atoms with Crippen LogP contribution in [0.15, 0.2) is 18.2 Å². The number of rotatable bonds is 3. The van der Waals surface area contributed by atoms with Crippen molar-refractivity contribution in [3.63, 3.8) is 0 Å². The number of likely N-dealkylation sites (tertiary alicyclic amines) is 1. The minimum absolute atomic E-state index is 0.129. The van der Waals surface area contributed by atoms with Crippen molar-refractivity contribution in [2.24, 2.45) is 5.92 Å². The molecular weight excluding hydrogens is 304 g/mol. The zero-order chi connectivity index (χ0) is 16.1. The first-order chi connectivity index (χ1) is 11.0. The Hall–Kier alpha value is -1.53. The molecule has 0 spiro atoms. The predicted molar refractivity (Wildman–Crippen MR) is 78.1 cm³/mol. The molecule has 0 unspecified atom stereocenters. The van der Waals surface area contributed by atoms with E-state index in [1.165, 1.54) is 12.1 Å². The third kappa shape index (κ3) is 2.54. The molecule has 4 nitrogen and oxygen atoms in total. The first kappa shape index (κ1) is 15.0. The fraction of sp³-hybridized carbons (Fsp3) is 0.588. The molecule has 6 heteroatoms. The Morgan fingerprint density at radius 3 is 2.65 bits per heavy atom. The third-order valence-electron chi connectivity index (χ3n) is 5.63. The number of hydrogen-bond donors (Lipinski definition) is 1. The van der Waals surface area contributed by atoms with E-state index >= 15 is 0 Å². The number of benzene rings is 1. The first-order valence-electron chi connectivity index (χ1n) is 8.08. The van der Waals surface area contributed by atoms with Crippen molar-refractivity contribution in [3.8, 4) is 0 Å². The SMILES string of the molecule is O=C(O)[C@@H]1C[C@@H](N2C[C@@H]3C[C@H]2CO3)C[C@H]1c1ccc(F)cc1F. The summed E-state index contributed by atoms with van der Waals surface area (Å²) in [7, 11) is 0. The third-order valence-corrected chi connectivity index (χ3v) is 5.63. The smallest absolute Gasteiger partial charge is 0.307 e. The molecule has 1 aromatic rings. The monoisotopic (exact) mass is 323 g/mol. The number of carboxylic acid groups (broad SMARTS) is 1. The molecule has 2 aliphatic heterocycles. The van der Waals surface area contributed by atoms with Crippen molar-refractivity contribution in [3.05, 3.63) is 35.4 Å². The molecule has 5 atom stereocenters. The van der Waals surface area contributed by atoms with E-state index in [9.17, 15) is 18.7 Å². The lowest BCUT2D eigenvalue weighted by atomic mass is 9.88. The van der Waals surface area contributed by atoms with Crippen molar-refractivity contribution in [2.45, 2.75) is 43.4 Å². The van der Waals surface area contributed by atoms with Gasteiger partial charge in [0.25, 0.3) is 0 Å². The van der Waals surface area contributed by atoms with Crippen LogP contribution in [0, 0.1) is 17.6 Å². The van der Waals surface area contributed by atoms with Gasteiger partial charge in [-0.25, -0.2) is 8.78 Å². The second kappa shape index (κ2) is 5.53.